The van der Waals surface area contributed by atoms with Crippen LogP contribution in [0.2, 0.25) is 0 Å². The normalized spacial score (nSPS) is 10.5. The highest BCUT2D eigenvalue weighted by molar-refractivity contribution is 9.10. The Balaban J connectivity index is 1.50. The molecule has 0 aliphatic carbocycles. The van der Waals surface area contributed by atoms with Crippen molar-refractivity contribution in [1.82, 2.24) is 10.2 Å². The number of ether oxygens (including phenoxy) is 1. The van der Waals surface area contributed by atoms with Crippen LogP contribution in [0.5, 0.6) is 5.75 Å². The Morgan fingerprint density at radius 3 is 2.77 bits per heavy atom. The van der Waals surface area contributed by atoms with Gasteiger partial charge in [-0.1, -0.05) is 45.9 Å². The molecule has 0 spiro atoms. The molecule has 8 heteroatoms. The lowest BCUT2D eigenvalue weighted by molar-refractivity contribution is -0.113. The number of halogens is 1. The van der Waals surface area contributed by atoms with Crippen LogP contribution in [0.3, 0.4) is 0 Å². The Morgan fingerprint density at radius 2 is 2.04 bits per heavy atom. The van der Waals surface area contributed by atoms with Crippen LogP contribution >= 0.6 is 27.7 Å². The van der Waals surface area contributed by atoms with Crippen molar-refractivity contribution in [3.05, 3.63) is 64.5 Å². The molecule has 0 saturated carbocycles. The second-order valence-corrected chi connectivity index (χ2v) is 7.18. The van der Waals surface area contributed by atoms with Crippen molar-refractivity contribution in [2.45, 2.75) is 11.6 Å². The summed E-state index contributed by atoms with van der Waals surface area (Å²) in [7, 11) is 1.63. The molecule has 2 aromatic carbocycles. The van der Waals surface area contributed by atoms with Crippen LogP contribution in [0.4, 0.5) is 5.69 Å². The SMILES string of the molecule is COc1ccc(Cc2nnc(SCC(=O)Nc3cccc(Br)c3)o2)cc1. The topological polar surface area (TPSA) is 77.2 Å². The Hall–Kier alpha value is -2.32. The van der Waals surface area contributed by atoms with Crippen molar-refractivity contribution in [2.75, 3.05) is 18.2 Å². The van der Waals surface area contributed by atoms with E-state index in [1.165, 1.54) is 11.8 Å². The maximum atomic E-state index is 12.0. The van der Waals surface area contributed by atoms with Crippen molar-refractivity contribution >= 4 is 39.3 Å². The van der Waals surface area contributed by atoms with E-state index in [-0.39, 0.29) is 11.7 Å². The van der Waals surface area contributed by atoms with E-state index in [0.29, 0.717) is 17.5 Å². The van der Waals surface area contributed by atoms with E-state index in [9.17, 15) is 4.79 Å². The third kappa shape index (κ3) is 5.34. The lowest BCUT2D eigenvalue weighted by Crippen LogP contribution is -2.13. The predicted octanol–water partition coefficient (Wildman–Crippen LogP) is 4.16. The standard InChI is InChI=1S/C18H16BrN3O3S/c1-24-15-7-5-12(6-8-15)9-17-21-22-18(25-17)26-11-16(23)20-14-4-2-3-13(19)10-14/h2-8,10H,9,11H2,1H3,(H,20,23). The van der Waals surface area contributed by atoms with Crippen molar-refractivity contribution in [3.63, 3.8) is 0 Å². The molecule has 1 heterocycles. The van der Waals surface area contributed by atoms with Crippen molar-refractivity contribution in [1.29, 1.82) is 0 Å². The Morgan fingerprint density at radius 1 is 1.23 bits per heavy atom. The Kier molecular flexibility index (Phi) is 6.30. The molecule has 26 heavy (non-hydrogen) atoms. The fourth-order valence-corrected chi connectivity index (χ4v) is 3.16. The number of carbonyl (C=O) groups is 1. The number of methoxy groups -OCH3 is 1. The number of benzene rings is 2. The highest BCUT2D eigenvalue weighted by atomic mass is 79.9. The molecule has 0 radical (unpaired) electrons. The fraction of sp³-hybridized carbons (Fsp3) is 0.167. The minimum absolute atomic E-state index is 0.136. The molecule has 1 N–H and O–H groups in total. The smallest absolute Gasteiger partial charge is 0.277 e. The van der Waals surface area contributed by atoms with Gasteiger partial charge in [-0.05, 0) is 35.9 Å². The van der Waals surface area contributed by atoms with Gasteiger partial charge in [0.25, 0.3) is 5.22 Å². The Bertz CT molecular complexity index is 883. The molecule has 0 unspecified atom stereocenters. The maximum Gasteiger partial charge on any atom is 0.277 e. The first-order chi connectivity index (χ1) is 12.6. The van der Waals surface area contributed by atoms with Gasteiger partial charge in [-0.2, -0.15) is 0 Å². The summed E-state index contributed by atoms with van der Waals surface area (Å²) < 4.78 is 11.6. The van der Waals surface area contributed by atoms with Crippen molar-refractivity contribution < 1.29 is 13.9 Å². The molecular weight excluding hydrogens is 418 g/mol. The lowest BCUT2D eigenvalue weighted by atomic mass is 10.1. The van der Waals surface area contributed by atoms with E-state index in [2.05, 4.69) is 31.4 Å². The molecule has 3 aromatic rings. The van der Waals surface area contributed by atoms with E-state index in [4.69, 9.17) is 9.15 Å². The minimum atomic E-state index is -0.136. The summed E-state index contributed by atoms with van der Waals surface area (Å²) in [6.07, 6.45) is 0.530. The number of thioether (sulfide) groups is 1. The molecule has 6 nitrogen and oxygen atoms in total. The van der Waals surface area contributed by atoms with Crippen LogP contribution in [0, 0.1) is 0 Å². The van der Waals surface area contributed by atoms with Gasteiger partial charge >= 0.3 is 0 Å². The highest BCUT2D eigenvalue weighted by Crippen LogP contribution is 2.20. The van der Waals surface area contributed by atoms with Gasteiger partial charge in [0.15, 0.2) is 0 Å². The summed E-state index contributed by atoms with van der Waals surface area (Å²) in [6, 6.07) is 15.1. The van der Waals surface area contributed by atoms with Gasteiger partial charge < -0.3 is 14.5 Å². The van der Waals surface area contributed by atoms with Gasteiger partial charge in [0.05, 0.1) is 19.3 Å². The molecule has 0 aliphatic rings. The molecule has 134 valence electrons. The number of aromatic nitrogens is 2. The first-order valence-electron chi connectivity index (χ1n) is 7.76. The number of hydrogen-bond donors (Lipinski definition) is 1. The summed E-state index contributed by atoms with van der Waals surface area (Å²) in [5, 5.41) is 11.2. The van der Waals surface area contributed by atoms with Crippen LogP contribution in [0.15, 0.2) is 62.6 Å². The van der Waals surface area contributed by atoms with Gasteiger partial charge in [-0.3, -0.25) is 4.79 Å². The fourth-order valence-electron chi connectivity index (χ4n) is 2.18. The summed E-state index contributed by atoms with van der Waals surface area (Å²) in [5.41, 5.74) is 1.77. The molecule has 3 rings (SSSR count). The zero-order valence-electron chi connectivity index (χ0n) is 13.9. The van der Waals surface area contributed by atoms with E-state index in [1.807, 2.05) is 48.5 Å². The summed E-state index contributed by atoms with van der Waals surface area (Å²) >= 11 is 4.57. The second-order valence-electron chi connectivity index (χ2n) is 5.33. The second kappa shape index (κ2) is 8.86. The van der Waals surface area contributed by atoms with Gasteiger partial charge in [0, 0.05) is 10.2 Å². The molecule has 0 saturated heterocycles. The predicted molar refractivity (Wildman–Crippen MR) is 104 cm³/mol. The molecular formula is C18H16BrN3O3S. The molecule has 1 aromatic heterocycles. The molecule has 0 fully saturated rings. The zero-order valence-corrected chi connectivity index (χ0v) is 16.3. The first-order valence-corrected chi connectivity index (χ1v) is 9.54. The van der Waals surface area contributed by atoms with Gasteiger partial charge in [0.1, 0.15) is 5.75 Å². The first kappa shape index (κ1) is 18.5. The third-order valence-electron chi connectivity index (χ3n) is 3.40. The number of nitrogens with one attached hydrogen (secondary N) is 1. The number of anilines is 1. The van der Waals surface area contributed by atoms with E-state index >= 15 is 0 Å². The van der Waals surface area contributed by atoms with Gasteiger partial charge in [-0.15, -0.1) is 10.2 Å². The molecule has 0 aliphatic heterocycles. The number of hydrogen-bond acceptors (Lipinski definition) is 6. The van der Waals surface area contributed by atoms with Gasteiger partial charge in [-0.25, -0.2) is 0 Å². The number of amides is 1. The van der Waals surface area contributed by atoms with Crippen LogP contribution < -0.4 is 10.1 Å². The quantitative estimate of drug-likeness (QED) is 0.563. The van der Waals surface area contributed by atoms with Crippen LogP contribution in [-0.2, 0) is 11.2 Å². The van der Waals surface area contributed by atoms with Gasteiger partial charge in [0.2, 0.25) is 11.8 Å². The zero-order chi connectivity index (χ0) is 18.4. The third-order valence-corrected chi connectivity index (χ3v) is 4.71. The molecule has 0 bridgehead atoms. The number of rotatable bonds is 7. The maximum absolute atomic E-state index is 12.0. The largest absolute Gasteiger partial charge is 0.497 e. The van der Waals surface area contributed by atoms with Crippen molar-refractivity contribution in [3.8, 4) is 5.75 Å². The van der Waals surface area contributed by atoms with Crippen LogP contribution in [-0.4, -0.2) is 29.0 Å². The van der Waals surface area contributed by atoms with Crippen LogP contribution in [0.25, 0.3) is 0 Å². The number of nitrogens with zero attached hydrogens (tertiary/aromatic N) is 2. The molecule has 0 atom stereocenters. The average molecular weight is 434 g/mol. The molecule has 1 amide bonds. The lowest BCUT2D eigenvalue weighted by Gasteiger charge is -2.04. The highest BCUT2D eigenvalue weighted by Gasteiger charge is 2.11. The van der Waals surface area contributed by atoms with E-state index < -0.39 is 0 Å². The summed E-state index contributed by atoms with van der Waals surface area (Å²) in [4.78, 5) is 12.0. The number of carbonyl (C=O) groups excluding carboxylic acids is 1. The summed E-state index contributed by atoms with van der Waals surface area (Å²) in [5.74, 6) is 1.36. The van der Waals surface area contributed by atoms with Crippen molar-refractivity contribution in [2.24, 2.45) is 0 Å². The van der Waals surface area contributed by atoms with Crippen LogP contribution in [0.1, 0.15) is 11.5 Å². The average Bonchev–Trinajstić information content (AvgIpc) is 3.08. The summed E-state index contributed by atoms with van der Waals surface area (Å²) in [6.45, 7) is 0. The minimum Gasteiger partial charge on any atom is -0.497 e. The van der Waals surface area contributed by atoms with E-state index in [0.717, 1.165) is 21.5 Å². The monoisotopic (exact) mass is 433 g/mol. The Labute approximate surface area is 163 Å². The van der Waals surface area contributed by atoms with E-state index in [1.54, 1.807) is 7.11 Å².